The van der Waals surface area contributed by atoms with E-state index in [0.29, 0.717) is 0 Å². The quantitative estimate of drug-likeness (QED) is 0.837. The number of alkyl carbamates (subject to hydrolysis) is 1. The van der Waals surface area contributed by atoms with Crippen LogP contribution in [-0.4, -0.2) is 29.7 Å². The summed E-state index contributed by atoms with van der Waals surface area (Å²) in [5, 5.41) is 5.73. The van der Waals surface area contributed by atoms with Crippen molar-refractivity contribution < 1.29 is 14.3 Å². The van der Waals surface area contributed by atoms with Crippen LogP contribution in [0, 0.1) is 5.92 Å². The fourth-order valence-corrected chi connectivity index (χ4v) is 2.33. The third-order valence-electron chi connectivity index (χ3n) is 3.23. The van der Waals surface area contributed by atoms with Gasteiger partial charge in [0, 0.05) is 17.5 Å². The van der Waals surface area contributed by atoms with E-state index < -0.39 is 0 Å². The first-order valence-electron chi connectivity index (χ1n) is 7.46. The Labute approximate surface area is 121 Å². The summed E-state index contributed by atoms with van der Waals surface area (Å²) >= 11 is 0. The average Bonchev–Trinajstić information content (AvgIpc) is 2.26. The first-order chi connectivity index (χ1) is 9.17. The summed E-state index contributed by atoms with van der Waals surface area (Å²) in [6.07, 6.45) is 2.65. The van der Waals surface area contributed by atoms with Gasteiger partial charge >= 0.3 is 6.09 Å². The maximum atomic E-state index is 11.9. The van der Waals surface area contributed by atoms with Crippen molar-refractivity contribution in [2.75, 3.05) is 0 Å². The Morgan fingerprint density at radius 1 is 1.10 bits per heavy atom. The zero-order valence-electron chi connectivity index (χ0n) is 13.3. The molecule has 0 unspecified atom stereocenters. The SMILES string of the molecule is CC(C)NC(=O)C1CCC(OC(=O)NC(C)(C)C)CC1. The van der Waals surface area contributed by atoms with Gasteiger partial charge in [-0.1, -0.05) is 0 Å². The van der Waals surface area contributed by atoms with Gasteiger partial charge in [0.25, 0.3) is 0 Å². The first kappa shape index (κ1) is 16.8. The predicted molar refractivity (Wildman–Crippen MR) is 78.4 cm³/mol. The molecule has 0 aliphatic heterocycles. The van der Waals surface area contributed by atoms with Gasteiger partial charge in [-0.25, -0.2) is 4.79 Å². The second kappa shape index (κ2) is 6.95. The summed E-state index contributed by atoms with van der Waals surface area (Å²) in [7, 11) is 0. The fourth-order valence-electron chi connectivity index (χ4n) is 2.33. The van der Waals surface area contributed by atoms with Gasteiger partial charge in [-0.3, -0.25) is 4.79 Å². The van der Waals surface area contributed by atoms with Crippen molar-refractivity contribution in [2.24, 2.45) is 5.92 Å². The van der Waals surface area contributed by atoms with E-state index in [2.05, 4.69) is 10.6 Å². The molecule has 20 heavy (non-hydrogen) atoms. The summed E-state index contributed by atoms with van der Waals surface area (Å²) in [4.78, 5) is 23.6. The van der Waals surface area contributed by atoms with Crippen molar-refractivity contribution in [3.8, 4) is 0 Å². The maximum absolute atomic E-state index is 11.9. The van der Waals surface area contributed by atoms with Crippen LogP contribution in [0.5, 0.6) is 0 Å². The molecule has 2 amide bonds. The molecule has 0 aromatic rings. The molecule has 0 aromatic carbocycles. The van der Waals surface area contributed by atoms with E-state index in [0.717, 1.165) is 25.7 Å². The fraction of sp³-hybridized carbons (Fsp3) is 0.867. The van der Waals surface area contributed by atoms with Gasteiger partial charge < -0.3 is 15.4 Å². The molecule has 1 fully saturated rings. The Balaban J connectivity index is 2.32. The van der Waals surface area contributed by atoms with E-state index in [9.17, 15) is 9.59 Å². The Bertz CT molecular complexity index is 340. The molecule has 116 valence electrons. The third-order valence-corrected chi connectivity index (χ3v) is 3.23. The van der Waals surface area contributed by atoms with Gasteiger partial charge in [0.1, 0.15) is 6.10 Å². The van der Waals surface area contributed by atoms with Crippen molar-refractivity contribution in [1.82, 2.24) is 10.6 Å². The molecular weight excluding hydrogens is 256 g/mol. The minimum absolute atomic E-state index is 0.0583. The molecule has 0 heterocycles. The number of hydrogen-bond donors (Lipinski definition) is 2. The van der Waals surface area contributed by atoms with E-state index in [-0.39, 0.29) is 35.6 Å². The van der Waals surface area contributed by atoms with Crippen LogP contribution in [-0.2, 0) is 9.53 Å². The Morgan fingerprint density at radius 2 is 1.65 bits per heavy atom. The lowest BCUT2D eigenvalue weighted by atomic mass is 9.86. The van der Waals surface area contributed by atoms with Crippen molar-refractivity contribution in [2.45, 2.75) is 78.0 Å². The van der Waals surface area contributed by atoms with Gasteiger partial charge in [-0.05, 0) is 60.3 Å². The molecule has 1 saturated carbocycles. The molecular formula is C15H28N2O3. The van der Waals surface area contributed by atoms with Crippen LogP contribution in [0.3, 0.4) is 0 Å². The lowest BCUT2D eigenvalue weighted by molar-refractivity contribution is -0.127. The number of carbonyl (C=O) groups excluding carboxylic acids is 2. The molecule has 1 rings (SSSR count). The van der Waals surface area contributed by atoms with Crippen molar-refractivity contribution >= 4 is 12.0 Å². The number of hydrogen-bond acceptors (Lipinski definition) is 3. The normalized spacial score (nSPS) is 23.3. The van der Waals surface area contributed by atoms with Gasteiger partial charge in [0.05, 0.1) is 0 Å². The summed E-state index contributed by atoms with van der Waals surface area (Å²) < 4.78 is 5.39. The number of amides is 2. The van der Waals surface area contributed by atoms with Crippen molar-refractivity contribution in [3.05, 3.63) is 0 Å². The second-order valence-corrected chi connectivity index (χ2v) is 6.92. The van der Waals surface area contributed by atoms with Crippen LogP contribution >= 0.6 is 0 Å². The summed E-state index contributed by atoms with van der Waals surface area (Å²) in [5.74, 6) is 0.181. The summed E-state index contributed by atoms with van der Waals surface area (Å²) in [6, 6.07) is 0.175. The monoisotopic (exact) mass is 284 g/mol. The Hall–Kier alpha value is -1.26. The summed E-state index contributed by atoms with van der Waals surface area (Å²) in [6.45, 7) is 9.68. The molecule has 5 nitrogen and oxygen atoms in total. The van der Waals surface area contributed by atoms with E-state index >= 15 is 0 Å². The molecule has 1 aliphatic carbocycles. The number of ether oxygens (including phenoxy) is 1. The van der Waals surface area contributed by atoms with Crippen LogP contribution in [0.25, 0.3) is 0 Å². The minimum atomic E-state index is -0.368. The number of nitrogens with one attached hydrogen (secondary N) is 2. The highest BCUT2D eigenvalue weighted by Gasteiger charge is 2.29. The van der Waals surface area contributed by atoms with E-state index in [1.807, 2.05) is 34.6 Å². The minimum Gasteiger partial charge on any atom is -0.446 e. The molecule has 0 aromatic heterocycles. The largest absolute Gasteiger partial charge is 0.446 e. The first-order valence-corrected chi connectivity index (χ1v) is 7.46. The van der Waals surface area contributed by atoms with Crippen LogP contribution in [0.2, 0.25) is 0 Å². The Morgan fingerprint density at radius 3 is 2.10 bits per heavy atom. The van der Waals surface area contributed by atoms with Gasteiger partial charge in [-0.2, -0.15) is 0 Å². The average molecular weight is 284 g/mol. The highest BCUT2D eigenvalue weighted by molar-refractivity contribution is 5.79. The van der Waals surface area contributed by atoms with Gasteiger partial charge in [0.2, 0.25) is 5.91 Å². The number of carbonyl (C=O) groups is 2. The predicted octanol–water partition coefficient (Wildman–Crippen LogP) is 2.59. The highest BCUT2D eigenvalue weighted by atomic mass is 16.6. The zero-order chi connectivity index (χ0) is 15.3. The lowest BCUT2D eigenvalue weighted by Gasteiger charge is -2.29. The molecule has 0 spiro atoms. The van der Waals surface area contributed by atoms with Crippen molar-refractivity contribution in [1.29, 1.82) is 0 Å². The molecule has 2 N–H and O–H groups in total. The second-order valence-electron chi connectivity index (χ2n) is 6.92. The highest BCUT2D eigenvalue weighted by Crippen LogP contribution is 2.26. The topological polar surface area (TPSA) is 67.4 Å². The standard InChI is InChI=1S/C15H28N2O3/c1-10(2)16-13(18)11-6-8-12(9-7-11)20-14(19)17-15(3,4)5/h10-12H,6-9H2,1-5H3,(H,16,18)(H,17,19). The van der Waals surface area contributed by atoms with E-state index in [1.165, 1.54) is 0 Å². The maximum Gasteiger partial charge on any atom is 0.407 e. The van der Waals surface area contributed by atoms with Crippen molar-refractivity contribution in [3.63, 3.8) is 0 Å². The van der Waals surface area contributed by atoms with Gasteiger partial charge in [0.15, 0.2) is 0 Å². The molecule has 5 heteroatoms. The van der Waals surface area contributed by atoms with E-state index in [4.69, 9.17) is 4.74 Å². The van der Waals surface area contributed by atoms with Crippen LogP contribution in [0.15, 0.2) is 0 Å². The van der Waals surface area contributed by atoms with Gasteiger partial charge in [-0.15, -0.1) is 0 Å². The van der Waals surface area contributed by atoms with E-state index in [1.54, 1.807) is 0 Å². The smallest absolute Gasteiger partial charge is 0.407 e. The third kappa shape index (κ3) is 6.26. The molecule has 0 saturated heterocycles. The summed E-state index contributed by atoms with van der Waals surface area (Å²) in [5.41, 5.74) is -0.286. The van der Waals surface area contributed by atoms with Crippen LogP contribution in [0.1, 0.15) is 60.3 Å². The lowest BCUT2D eigenvalue weighted by Crippen LogP contribution is -2.43. The zero-order valence-corrected chi connectivity index (χ0v) is 13.3. The molecule has 0 bridgehead atoms. The number of rotatable bonds is 3. The molecule has 1 aliphatic rings. The Kier molecular flexibility index (Phi) is 5.84. The molecule has 0 radical (unpaired) electrons. The van der Waals surface area contributed by atoms with Crippen LogP contribution in [0.4, 0.5) is 4.79 Å². The van der Waals surface area contributed by atoms with Crippen LogP contribution < -0.4 is 10.6 Å². The molecule has 0 atom stereocenters.